The molecule has 0 unspecified atom stereocenters. The molecule has 1 saturated carbocycles. The summed E-state index contributed by atoms with van der Waals surface area (Å²) in [5, 5.41) is 15.2. The number of aromatic nitrogens is 3. The molecular weight excluding hydrogens is 404 g/mol. The van der Waals surface area contributed by atoms with Crippen molar-refractivity contribution in [2.45, 2.75) is 44.2 Å². The van der Waals surface area contributed by atoms with Crippen LogP contribution in [-0.4, -0.2) is 59.0 Å². The van der Waals surface area contributed by atoms with Gasteiger partial charge in [-0.05, 0) is 32.0 Å². The first kappa shape index (κ1) is 20.7. The van der Waals surface area contributed by atoms with E-state index in [0.717, 1.165) is 23.3 Å². The Bertz CT molecular complexity index is 1010. The van der Waals surface area contributed by atoms with Gasteiger partial charge >= 0.3 is 0 Å². The molecular formula is C21H28N4O4S. The number of benzene rings is 1. The third-order valence-electron chi connectivity index (χ3n) is 5.97. The zero-order chi connectivity index (χ0) is 21.3. The number of fused-ring (bicyclic) bond motifs is 1. The molecule has 30 heavy (non-hydrogen) atoms. The quantitative estimate of drug-likeness (QED) is 0.607. The van der Waals surface area contributed by atoms with Gasteiger partial charge in [0.2, 0.25) is 16.6 Å². The Morgan fingerprint density at radius 2 is 1.83 bits per heavy atom. The van der Waals surface area contributed by atoms with Gasteiger partial charge in [-0.2, -0.15) is 9.61 Å². The topological polar surface area (TPSA) is 81.4 Å². The van der Waals surface area contributed by atoms with Gasteiger partial charge < -0.3 is 19.3 Å². The van der Waals surface area contributed by atoms with Crippen molar-refractivity contribution in [3.05, 3.63) is 28.9 Å². The molecule has 1 aliphatic carbocycles. The van der Waals surface area contributed by atoms with Crippen molar-refractivity contribution in [3.8, 4) is 23.1 Å². The smallest absolute Gasteiger partial charge is 0.230 e. The van der Waals surface area contributed by atoms with Crippen molar-refractivity contribution >= 4 is 16.3 Å². The van der Waals surface area contributed by atoms with Crippen LogP contribution in [0.5, 0.6) is 23.1 Å². The van der Waals surface area contributed by atoms with Crippen molar-refractivity contribution in [3.63, 3.8) is 0 Å². The molecule has 1 fully saturated rings. The first-order valence-electron chi connectivity index (χ1n) is 10.1. The zero-order valence-corrected chi connectivity index (χ0v) is 18.6. The van der Waals surface area contributed by atoms with Crippen molar-refractivity contribution in [1.82, 2.24) is 19.5 Å². The summed E-state index contributed by atoms with van der Waals surface area (Å²) in [5.74, 6) is 1.85. The average Bonchev–Trinajstić information content (AvgIpc) is 3.37. The fourth-order valence-electron chi connectivity index (χ4n) is 4.46. The summed E-state index contributed by atoms with van der Waals surface area (Å²) in [6.45, 7) is 0. The second kappa shape index (κ2) is 8.69. The van der Waals surface area contributed by atoms with E-state index in [2.05, 4.69) is 22.0 Å². The number of thiazole rings is 1. The van der Waals surface area contributed by atoms with Crippen molar-refractivity contribution in [2.24, 2.45) is 0 Å². The van der Waals surface area contributed by atoms with E-state index < -0.39 is 0 Å². The molecule has 0 radical (unpaired) electrons. The predicted molar refractivity (Wildman–Crippen MR) is 115 cm³/mol. The molecule has 8 nitrogen and oxygen atoms in total. The lowest BCUT2D eigenvalue weighted by Crippen LogP contribution is -2.37. The molecule has 1 aromatic carbocycles. The van der Waals surface area contributed by atoms with Crippen molar-refractivity contribution in [1.29, 1.82) is 0 Å². The molecule has 0 aliphatic heterocycles. The third kappa shape index (κ3) is 3.45. The number of rotatable bonds is 7. The van der Waals surface area contributed by atoms with Gasteiger partial charge in [0.1, 0.15) is 6.33 Å². The van der Waals surface area contributed by atoms with Gasteiger partial charge in [0.25, 0.3) is 0 Å². The molecule has 3 aromatic rings. The van der Waals surface area contributed by atoms with E-state index in [9.17, 15) is 5.11 Å². The van der Waals surface area contributed by atoms with Crippen LogP contribution in [0.3, 0.4) is 0 Å². The van der Waals surface area contributed by atoms with Crippen LogP contribution >= 0.6 is 11.3 Å². The molecule has 9 heteroatoms. The average molecular weight is 433 g/mol. The highest BCUT2D eigenvalue weighted by atomic mass is 32.1. The van der Waals surface area contributed by atoms with Crippen LogP contribution in [-0.2, 0) is 0 Å². The van der Waals surface area contributed by atoms with E-state index in [1.54, 1.807) is 21.3 Å². The molecule has 1 aliphatic rings. The summed E-state index contributed by atoms with van der Waals surface area (Å²) >= 11 is 1.44. The molecule has 2 heterocycles. The van der Waals surface area contributed by atoms with Gasteiger partial charge in [0.05, 0.1) is 32.2 Å². The predicted octanol–water partition coefficient (Wildman–Crippen LogP) is 3.88. The monoisotopic (exact) mass is 432 g/mol. The summed E-state index contributed by atoms with van der Waals surface area (Å²) in [6, 6.07) is 4.03. The van der Waals surface area contributed by atoms with Gasteiger partial charge in [-0.3, -0.25) is 4.90 Å². The summed E-state index contributed by atoms with van der Waals surface area (Å²) in [4.78, 5) is 8.05. The molecule has 162 valence electrons. The van der Waals surface area contributed by atoms with Crippen LogP contribution in [0.2, 0.25) is 0 Å². The maximum absolute atomic E-state index is 11.0. The fourth-order valence-corrected chi connectivity index (χ4v) is 5.56. The maximum Gasteiger partial charge on any atom is 0.230 e. The Kier molecular flexibility index (Phi) is 6.01. The van der Waals surface area contributed by atoms with Gasteiger partial charge in [-0.25, -0.2) is 4.98 Å². The van der Waals surface area contributed by atoms with Gasteiger partial charge in [-0.15, -0.1) is 0 Å². The molecule has 0 spiro atoms. The lowest BCUT2D eigenvalue weighted by atomic mass is 9.91. The van der Waals surface area contributed by atoms with Crippen LogP contribution in [0.15, 0.2) is 18.5 Å². The van der Waals surface area contributed by atoms with E-state index in [4.69, 9.17) is 14.2 Å². The first-order valence-corrected chi connectivity index (χ1v) is 10.9. The van der Waals surface area contributed by atoms with Crippen molar-refractivity contribution in [2.75, 3.05) is 28.4 Å². The lowest BCUT2D eigenvalue weighted by molar-refractivity contribution is 0.154. The van der Waals surface area contributed by atoms with E-state index >= 15 is 0 Å². The van der Waals surface area contributed by atoms with Crippen LogP contribution in [0.1, 0.15) is 48.6 Å². The van der Waals surface area contributed by atoms with E-state index in [0.29, 0.717) is 28.3 Å². The SMILES string of the molecule is COc1ccc([C@@H](c2sc3ncnn3c2O)N(C)C2CCCCC2)c(OC)c1OC. The molecule has 0 saturated heterocycles. The highest BCUT2D eigenvalue weighted by molar-refractivity contribution is 7.17. The number of methoxy groups -OCH3 is 3. The highest BCUT2D eigenvalue weighted by Crippen LogP contribution is 2.49. The molecule has 0 bridgehead atoms. The molecule has 4 rings (SSSR count). The Morgan fingerprint density at radius 1 is 1.10 bits per heavy atom. The summed E-state index contributed by atoms with van der Waals surface area (Å²) < 4.78 is 18.4. The van der Waals surface area contributed by atoms with E-state index in [1.807, 2.05) is 12.1 Å². The minimum atomic E-state index is -0.239. The molecule has 1 atom stereocenters. The fraction of sp³-hybridized carbons (Fsp3) is 0.524. The number of hydrogen-bond acceptors (Lipinski definition) is 8. The number of aromatic hydroxyl groups is 1. The number of ether oxygens (including phenoxy) is 3. The minimum Gasteiger partial charge on any atom is -0.493 e. The lowest BCUT2D eigenvalue weighted by Gasteiger charge is -2.37. The van der Waals surface area contributed by atoms with Crippen LogP contribution in [0.4, 0.5) is 0 Å². The largest absolute Gasteiger partial charge is 0.493 e. The third-order valence-corrected chi connectivity index (χ3v) is 7.06. The molecule has 0 amide bonds. The number of nitrogens with zero attached hydrogens (tertiary/aromatic N) is 4. The maximum atomic E-state index is 11.0. The Hall–Kier alpha value is -2.52. The molecule has 2 aromatic heterocycles. The summed E-state index contributed by atoms with van der Waals surface area (Å²) in [7, 11) is 6.95. The summed E-state index contributed by atoms with van der Waals surface area (Å²) in [5.41, 5.74) is 0.906. The Labute approximate surface area is 180 Å². The van der Waals surface area contributed by atoms with E-state index in [1.165, 1.54) is 41.4 Å². The van der Waals surface area contributed by atoms with Gasteiger partial charge in [0.15, 0.2) is 11.5 Å². The normalized spacial score (nSPS) is 16.2. The Balaban J connectivity index is 1.89. The van der Waals surface area contributed by atoms with E-state index in [-0.39, 0.29) is 11.9 Å². The van der Waals surface area contributed by atoms with Crippen LogP contribution in [0, 0.1) is 0 Å². The van der Waals surface area contributed by atoms with Crippen LogP contribution in [0.25, 0.3) is 4.96 Å². The summed E-state index contributed by atoms with van der Waals surface area (Å²) in [6.07, 6.45) is 7.41. The first-order chi connectivity index (χ1) is 14.6. The second-order valence-corrected chi connectivity index (χ2v) is 8.54. The van der Waals surface area contributed by atoms with Gasteiger partial charge in [0, 0.05) is 11.6 Å². The molecule has 1 N–H and O–H groups in total. The van der Waals surface area contributed by atoms with Crippen molar-refractivity contribution < 1.29 is 19.3 Å². The minimum absolute atomic E-state index is 0.108. The Morgan fingerprint density at radius 3 is 2.47 bits per heavy atom. The van der Waals surface area contributed by atoms with Crippen LogP contribution < -0.4 is 14.2 Å². The zero-order valence-electron chi connectivity index (χ0n) is 17.8. The standard InChI is InChI=1S/C21H28N4O4S/c1-24(13-8-6-5-7-9-13)16(19-20(26)25-21(30-19)22-12-23-25)14-10-11-15(27-2)18(29-4)17(14)28-3/h10-13,16,26H,5-9H2,1-4H3/t16-/m0/s1. The number of hydrogen-bond donors (Lipinski definition) is 1. The second-order valence-electron chi connectivity index (χ2n) is 7.53. The highest BCUT2D eigenvalue weighted by Gasteiger charge is 2.35. The van der Waals surface area contributed by atoms with Gasteiger partial charge in [-0.1, -0.05) is 30.6 Å².